The summed E-state index contributed by atoms with van der Waals surface area (Å²) in [7, 11) is 0. The fourth-order valence-corrected chi connectivity index (χ4v) is 2.30. The molecule has 0 spiro atoms. The summed E-state index contributed by atoms with van der Waals surface area (Å²) in [6.07, 6.45) is 0.574. The van der Waals surface area contributed by atoms with Crippen LogP contribution in [0.1, 0.15) is 27.9 Å². The summed E-state index contributed by atoms with van der Waals surface area (Å²) in [4.78, 5) is 12.1. The number of nitrogens with one attached hydrogen (secondary N) is 1. The minimum absolute atomic E-state index is 0.290. The molecule has 1 amide bonds. The van der Waals surface area contributed by atoms with Crippen LogP contribution in [0.15, 0.2) is 36.7 Å². The molecule has 0 aliphatic carbocycles. The Morgan fingerprint density at radius 2 is 2.15 bits per heavy atom. The summed E-state index contributed by atoms with van der Waals surface area (Å²) < 4.78 is 56.2. The SMILES string of the molecule is Cc1cnn(CCCNC(=O)c2cccc(COCC(F)(F)C(F)F)c2)c1. The van der Waals surface area contributed by atoms with E-state index >= 15 is 0 Å². The van der Waals surface area contributed by atoms with Crippen LogP contribution in [0.3, 0.4) is 0 Å². The van der Waals surface area contributed by atoms with Gasteiger partial charge in [0.25, 0.3) is 5.91 Å². The topological polar surface area (TPSA) is 56.2 Å². The van der Waals surface area contributed by atoms with Gasteiger partial charge in [-0.25, -0.2) is 8.78 Å². The summed E-state index contributed by atoms with van der Waals surface area (Å²) >= 11 is 0. The maximum absolute atomic E-state index is 12.8. The Morgan fingerprint density at radius 3 is 2.81 bits per heavy atom. The first kappa shape index (κ1) is 20.9. The van der Waals surface area contributed by atoms with Crippen LogP contribution >= 0.6 is 0 Å². The third-order valence-corrected chi connectivity index (χ3v) is 3.68. The van der Waals surface area contributed by atoms with Crippen molar-refractivity contribution < 1.29 is 27.1 Å². The predicted octanol–water partition coefficient (Wildman–Crippen LogP) is 3.43. The molecule has 148 valence electrons. The van der Waals surface area contributed by atoms with Crippen molar-refractivity contribution in [2.45, 2.75) is 38.8 Å². The lowest BCUT2D eigenvalue weighted by Gasteiger charge is -2.15. The van der Waals surface area contributed by atoms with Gasteiger partial charge in [0.1, 0.15) is 6.61 Å². The molecule has 1 N–H and O–H groups in total. The van der Waals surface area contributed by atoms with E-state index < -0.39 is 19.0 Å². The zero-order chi connectivity index (χ0) is 19.9. The van der Waals surface area contributed by atoms with Crippen molar-refractivity contribution in [1.82, 2.24) is 15.1 Å². The molecule has 0 radical (unpaired) electrons. The Hall–Kier alpha value is -2.42. The van der Waals surface area contributed by atoms with Crippen molar-refractivity contribution in [3.63, 3.8) is 0 Å². The van der Waals surface area contributed by atoms with E-state index in [0.29, 0.717) is 30.6 Å². The van der Waals surface area contributed by atoms with E-state index in [1.54, 1.807) is 29.1 Å². The number of aromatic nitrogens is 2. The van der Waals surface area contributed by atoms with E-state index in [1.807, 2.05) is 13.1 Å². The standard InChI is InChI=1S/C18H21F4N3O2/c1-13-9-24-25(10-13)7-3-6-23-16(26)15-5-2-4-14(8-15)11-27-12-18(21,22)17(19)20/h2,4-5,8-10,17H,3,6-7,11-12H2,1H3,(H,23,26). The predicted molar refractivity (Wildman–Crippen MR) is 91.0 cm³/mol. The first-order valence-corrected chi connectivity index (χ1v) is 8.38. The van der Waals surface area contributed by atoms with Crippen LogP contribution in [0.5, 0.6) is 0 Å². The van der Waals surface area contributed by atoms with Gasteiger partial charge in [-0.2, -0.15) is 13.9 Å². The Labute approximate surface area is 154 Å². The number of halogens is 4. The van der Waals surface area contributed by atoms with E-state index in [0.717, 1.165) is 5.56 Å². The lowest BCUT2D eigenvalue weighted by atomic mass is 10.1. The fraction of sp³-hybridized carbons (Fsp3) is 0.444. The molecule has 5 nitrogen and oxygen atoms in total. The van der Waals surface area contributed by atoms with E-state index in [1.165, 1.54) is 6.07 Å². The van der Waals surface area contributed by atoms with Crippen molar-refractivity contribution in [2.24, 2.45) is 0 Å². The number of alkyl halides is 4. The molecule has 2 rings (SSSR count). The molecule has 0 saturated heterocycles. The number of ether oxygens (including phenoxy) is 1. The Morgan fingerprint density at radius 1 is 1.37 bits per heavy atom. The second-order valence-corrected chi connectivity index (χ2v) is 6.15. The number of hydrogen-bond donors (Lipinski definition) is 1. The van der Waals surface area contributed by atoms with Crippen molar-refractivity contribution in [1.29, 1.82) is 0 Å². The molecule has 1 aromatic carbocycles. The van der Waals surface area contributed by atoms with Crippen LogP contribution in [0.2, 0.25) is 0 Å². The summed E-state index contributed by atoms with van der Waals surface area (Å²) in [6, 6.07) is 6.19. The maximum Gasteiger partial charge on any atom is 0.330 e. The fourth-order valence-electron chi connectivity index (χ4n) is 2.30. The van der Waals surface area contributed by atoms with E-state index in [4.69, 9.17) is 0 Å². The zero-order valence-corrected chi connectivity index (χ0v) is 14.8. The van der Waals surface area contributed by atoms with Crippen LogP contribution < -0.4 is 5.32 Å². The minimum Gasteiger partial charge on any atom is -0.370 e. The highest BCUT2D eigenvalue weighted by Crippen LogP contribution is 2.23. The summed E-state index contributed by atoms with van der Waals surface area (Å²) in [5, 5.41) is 6.91. The third-order valence-electron chi connectivity index (χ3n) is 3.68. The molecule has 0 aliphatic heterocycles. The average Bonchev–Trinajstić information content (AvgIpc) is 3.04. The number of nitrogens with zero attached hydrogens (tertiary/aromatic N) is 2. The smallest absolute Gasteiger partial charge is 0.330 e. The molecule has 0 unspecified atom stereocenters. The van der Waals surface area contributed by atoms with Gasteiger partial charge in [-0.15, -0.1) is 0 Å². The summed E-state index contributed by atoms with van der Waals surface area (Å²) in [6.45, 7) is 1.38. The maximum atomic E-state index is 12.8. The van der Waals surface area contributed by atoms with Gasteiger partial charge in [0.2, 0.25) is 0 Å². The van der Waals surface area contributed by atoms with Gasteiger partial charge < -0.3 is 10.1 Å². The van der Waals surface area contributed by atoms with Crippen molar-refractivity contribution in [3.05, 3.63) is 53.3 Å². The van der Waals surface area contributed by atoms with E-state index in [9.17, 15) is 22.4 Å². The molecule has 0 aliphatic rings. The van der Waals surface area contributed by atoms with Gasteiger partial charge in [0, 0.05) is 24.8 Å². The van der Waals surface area contributed by atoms with Gasteiger partial charge in [-0.05, 0) is 36.6 Å². The average molecular weight is 387 g/mol. The van der Waals surface area contributed by atoms with Crippen molar-refractivity contribution >= 4 is 5.91 Å². The molecular formula is C18H21F4N3O2. The van der Waals surface area contributed by atoms with Crippen LogP contribution in [0.4, 0.5) is 17.6 Å². The monoisotopic (exact) mass is 387 g/mol. The van der Waals surface area contributed by atoms with Gasteiger partial charge in [0.05, 0.1) is 12.8 Å². The number of hydrogen-bond acceptors (Lipinski definition) is 3. The number of carbonyl (C=O) groups is 1. The van der Waals surface area contributed by atoms with Crippen LogP contribution in [0.25, 0.3) is 0 Å². The van der Waals surface area contributed by atoms with Gasteiger partial charge in [0.15, 0.2) is 0 Å². The largest absolute Gasteiger partial charge is 0.370 e. The Bertz CT molecular complexity index is 750. The summed E-state index contributed by atoms with van der Waals surface area (Å²) in [5.41, 5.74) is 1.84. The molecule has 0 fully saturated rings. The molecule has 0 atom stereocenters. The van der Waals surface area contributed by atoms with E-state index in [2.05, 4.69) is 15.2 Å². The molecule has 0 saturated carbocycles. The number of aryl methyl sites for hydroxylation is 2. The lowest BCUT2D eigenvalue weighted by molar-refractivity contribution is -0.168. The first-order chi connectivity index (χ1) is 12.8. The third kappa shape index (κ3) is 6.67. The Kier molecular flexibility index (Phi) is 7.35. The number of carbonyl (C=O) groups excluding carboxylic acids is 1. The molecule has 2 aromatic rings. The van der Waals surface area contributed by atoms with Crippen LogP contribution in [-0.4, -0.2) is 41.2 Å². The normalized spacial score (nSPS) is 11.8. The number of amides is 1. The first-order valence-electron chi connectivity index (χ1n) is 8.38. The molecular weight excluding hydrogens is 366 g/mol. The molecule has 9 heteroatoms. The lowest BCUT2D eigenvalue weighted by Crippen LogP contribution is -2.32. The molecule has 0 bridgehead atoms. The number of rotatable bonds is 10. The minimum atomic E-state index is -4.19. The second kappa shape index (κ2) is 9.50. The highest BCUT2D eigenvalue weighted by Gasteiger charge is 2.40. The summed E-state index contributed by atoms with van der Waals surface area (Å²) in [5.74, 6) is -4.51. The highest BCUT2D eigenvalue weighted by molar-refractivity contribution is 5.94. The number of benzene rings is 1. The highest BCUT2D eigenvalue weighted by atomic mass is 19.3. The van der Waals surface area contributed by atoms with Crippen LogP contribution in [0, 0.1) is 6.92 Å². The molecule has 1 heterocycles. The van der Waals surface area contributed by atoms with Crippen molar-refractivity contribution in [2.75, 3.05) is 13.2 Å². The molecule has 27 heavy (non-hydrogen) atoms. The quantitative estimate of drug-likeness (QED) is 0.502. The van der Waals surface area contributed by atoms with Crippen molar-refractivity contribution in [3.8, 4) is 0 Å². The van der Waals surface area contributed by atoms with Gasteiger partial charge in [-0.1, -0.05) is 12.1 Å². The van der Waals surface area contributed by atoms with Crippen LogP contribution in [-0.2, 0) is 17.9 Å². The van der Waals surface area contributed by atoms with Gasteiger partial charge in [-0.3, -0.25) is 9.48 Å². The second-order valence-electron chi connectivity index (χ2n) is 6.15. The van der Waals surface area contributed by atoms with E-state index in [-0.39, 0.29) is 12.5 Å². The van der Waals surface area contributed by atoms with Gasteiger partial charge >= 0.3 is 12.3 Å². The zero-order valence-electron chi connectivity index (χ0n) is 14.8. The molecule has 1 aromatic heterocycles. The Balaban J connectivity index is 1.77.